The number of carbonyl (C=O) groups is 3. The number of nitrogens with one attached hydrogen (secondary N) is 2. The van der Waals surface area contributed by atoms with Crippen LogP contribution in [0, 0.1) is 0 Å². The largest absolute Gasteiger partial charge is 0.497 e. The van der Waals surface area contributed by atoms with Crippen LogP contribution in [0.4, 0.5) is 5.69 Å². The Morgan fingerprint density at radius 1 is 1.07 bits per heavy atom. The predicted octanol–water partition coefficient (Wildman–Crippen LogP) is 2.05. The quantitative estimate of drug-likeness (QED) is 0.523. The Morgan fingerprint density at radius 2 is 1.72 bits per heavy atom. The lowest BCUT2D eigenvalue weighted by atomic mass is 10.2. The van der Waals surface area contributed by atoms with E-state index in [4.69, 9.17) is 9.47 Å². The van der Waals surface area contributed by atoms with Gasteiger partial charge in [-0.2, -0.15) is 0 Å². The summed E-state index contributed by atoms with van der Waals surface area (Å²) in [6.45, 7) is 2.61. The molecule has 1 heterocycles. The number of benzene rings is 2. The van der Waals surface area contributed by atoms with Gasteiger partial charge in [0.1, 0.15) is 17.5 Å². The van der Waals surface area contributed by atoms with Crippen molar-refractivity contribution in [3.8, 4) is 11.5 Å². The van der Waals surface area contributed by atoms with E-state index in [1.165, 1.54) is 7.11 Å². The first-order valence-corrected chi connectivity index (χ1v) is 9.33. The first kappa shape index (κ1) is 20.3. The highest BCUT2D eigenvalue weighted by molar-refractivity contribution is 6.22. The second kappa shape index (κ2) is 9.20. The summed E-state index contributed by atoms with van der Waals surface area (Å²) in [5.74, 6) is 0.133. The van der Waals surface area contributed by atoms with Crippen molar-refractivity contribution in [2.24, 2.45) is 0 Å². The molecule has 152 valence electrons. The van der Waals surface area contributed by atoms with Crippen LogP contribution in [-0.4, -0.2) is 37.5 Å². The van der Waals surface area contributed by atoms with Crippen LogP contribution in [0.25, 0.3) is 0 Å². The van der Waals surface area contributed by atoms with Crippen LogP contribution < -0.4 is 25.2 Å². The van der Waals surface area contributed by atoms with Gasteiger partial charge in [0.2, 0.25) is 5.91 Å². The van der Waals surface area contributed by atoms with Gasteiger partial charge in [0.05, 0.1) is 25.8 Å². The van der Waals surface area contributed by atoms with E-state index >= 15 is 0 Å². The number of anilines is 1. The molecule has 8 heteroatoms. The maximum Gasteiger partial charge on any atom is 0.265 e. The van der Waals surface area contributed by atoms with E-state index in [1.807, 2.05) is 6.92 Å². The fourth-order valence-electron chi connectivity index (χ4n) is 2.89. The van der Waals surface area contributed by atoms with Gasteiger partial charge in [-0.1, -0.05) is 6.92 Å². The van der Waals surface area contributed by atoms with Crippen molar-refractivity contribution in [3.63, 3.8) is 0 Å². The van der Waals surface area contributed by atoms with Crippen molar-refractivity contribution < 1.29 is 23.9 Å². The number of nitrogens with zero attached hydrogens (tertiary/aromatic N) is 1. The van der Waals surface area contributed by atoms with Crippen LogP contribution in [0.15, 0.2) is 48.5 Å². The summed E-state index contributed by atoms with van der Waals surface area (Å²) in [6, 6.07) is 12.5. The number of ether oxygens (including phenoxy) is 2. The van der Waals surface area contributed by atoms with Gasteiger partial charge in [0, 0.05) is 5.56 Å². The Labute approximate surface area is 168 Å². The minimum atomic E-state index is -0.833. The maximum absolute atomic E-state index is 12.6. The van der Waals surface area contributed by atoms with Crippen molar-refractivity contribution in [2.45, 2.75) is 25.8 Å². The summed E-state index contributed by atoms with van der Waals surface area (Å²) >= 11 is 0. The molecule has 1 aliphatic rings. The molecule has 1 unspecified atom stereocenters. The highest BCUT2D eigenvalue weighted by atomic mass is 16.5. The molecule has 8 nitrogen and oxygen atoms in total. The first-order valence-electron chi connectivity index (χ1n) is 9.33. The number of hydrazine groups is 1. The van der Waals surface area contributed by atoms with Crippen molar-refractivity contribution in [1.29, 1.82) is 0 Å². The number of carbonyl (C=O) groups excluding carboxylic acids is 3. The monoisotopic (exact) mass is 397 g/mol. The molecule has 2 aromatic carbocycles. The summed E-state index contributed by atoms with van der Waals surface area (Å²) in [7, 11) is 1.54. The lowest BCUT2D eigenvalue weighted by Crippen LogP contribution is -2.48. The van der Waals surface area contributed by atoms with Crippen LogP contribution in [0.2, 0.25) is 0 Å². The summed E-state index contributed by atoms with van der Waals surface area (Å²) in [6.07, 6.45) is 0.844. The Kier molecular flexibility index (Phi) is 6.46. The number of imide groups is 1. The molecule has 0 radical (unpaired) electrons. The predicted molar refractivity (Wildman–Crippen MR) is 107 cm³/mol. The lowest BCUT2D eigenvalue weighted by Gasteiger charge is -2.16. The lowest BCUT2D eigenvalue weighted by molar-refractivity contribution is -0.121. The molecule has 1 saturated heterocycles. The summed E-state index contributed by atoms with van der Waals surface area (Å²) in [5, 5.41) is 0. The number of hydrogen-bond donors (Lipinski definition) is 2. The third-order valence-electron chi connectivity index (χ3n) is 4.43. The molecular weight excluding hydrogens is 374 g/mol. The summed E-state index contributed by atoms with van der Waals surface area (Å²) in [4.78, 5) is 38.3. The van der Waals surface area contributed by atoms with Crippen LogP contribution in [0.3, 0.4) is 0 Å². The van der Waals surface area contributed by atoms with Crippen LogP contribution in [0.1, 0.15) is 30.1 Å². The SMILES string of the molecule is CCCOc1ccc(N2C(=O)CC(NNC(=O)c3ccc(OC)cc3)C2=O)cc1. The molecule has 0 aliphatic carbocycles. The molecule has 29 heavy (non-hydrogen) atoms. The van der Waals surface area contributed by atoms with Gasteiger partial charge in [-0.05, 0) is 55.0 Å². The van der Waals surface area contributed by atoms with Gasteiger partial charge in [0.25, 0.3) is 11.8 Å². The summed E-state index contributed by atoms with van der Waals surface area (Å²) in [5.41, 5.74) is 6.01. The first-order chi connectivity index (χ1) is 14.0. The molecule has 2 N–H and O–H groups in total. The van der Waals surface area contributed by atoms with E-state index in [2.05, 4.69) is 10.9 Å². The molecule has 3 amide bonds. The average Bonchev–Trinajstić information content (AvgIpc) is 3.04. The minimum absolute atomic E-state index is 0.0458. The second-order valence-electron chi connectivity index (χ2n) is 6.49. The molecule has 0 spiro atoms. The highest BCUT2D eigenvalue weighted by Gasteiger charge is 2.39. The summed E-state index contributed by atoms with van der Waals surface area (Å²) < 4.78 is 10.6. The Balaban J connectivity index is 1.60. The van der Waals surface area contributed by atoms with Crippen molar-refractivity contribution in [2.75, 3.05) is 18.6 Å². The highest BCUT2D eigenvalue weighted by Crippen LogP contribution is 2.25. The smallest absolute Gasteiger partial charge is 0.265 e. The molecule has 1 aliphatic heterocycles. The molecule has 3 rings (SSSR count). The number of hydrogen-bond acceptors (Lipinski definition) is 6. The van der Waals surface area contributed by atoms with Crippen molar-refractivity contribution in [1.82, 2.24) is 10.9 Å². The van der Waals surface area contributed by atoms with Gasteiger partial charge < -0.3 is 9.47 Å². The molecule has 2 aromatic rings. The van der Waals surface area contributed by atoms with E-state index in [0.29, 0.717) is 29.4 Å². The van der Waals surface area contributed by atoms with Gasteiger partial charge in [-0.25, -0.2) is 10.3 Å². The molecule has 1 atom stereocenters. The minimum Gasteiger partial charge on any atom is -0.497 e. The van der Waals surface area contributed by atoms with Crippen molar-refractivity contribution >= 4 is 23.4 Å². The number of amides is 3. The van der Waals surface area contributed by atoms with Crippen LogP contribution >= 0.6 is 0 Å². The van der Waals surface area contributed by atoms with Crippen molar-refractivity contribution in [3.05, 3.63) is 54.1 Å². The van der Waals surface area contributed by atoms with E-state index in [0.717, 1.165) is 11.3 Å². The van der Waals surface area contributed by atoms with Gasteiger partial charge in [-0.15, -0.1) is 0 Å². The standard InChI is InChI=1S/C21H23N3O5/c1-3-12-29-17-10-6-15(7-11-17)24-19(25)13-18(21(24)27)22-23-20(26)14-4-8-16(28-2)9-5-14/h4-11,18,22H,3,12-13H2,1-2H3,(H,23,26). The third-order valence-corrected chi connectivity index (χ3v) is 4.43. The van der Waals surface area contributed by atoms with Gasteiger partial charge in [-0.3, -0.25) is 19.8 Å². The Morgan fingerprint density at radius 3 is 2.34 bits per heavy atom. The average molecular weight is 397 g/mol. The fourth-order valence-corrected chi connectivity index (χ4v) is 2.89. The van der Waals surface area contributed by atoms with Crippen LogP contribution in [-0.2, 0) is 9.59 Å². The zero-order chi connectivity index (χ0) is 20.8. The molecule has 1 fully saturated rings. The normalized spacial score (nSPS) is 16.1. The fraction of sp³-hybridized carbons (Fsp3) is 0.286. The zero-order valence-corrected chi connectivity index (χ0v) is 16.3. The molecule has 0 saturated carbocycles. The molecule has 0 bridgehead atoms. The Bertz CT molecular complexity index is 880. The Hall–Kier alpha value is -3.39. The van der Waals surface area contributed by atoms with Crippen LogP contribution in [0.5, 0.6) is 11.5 Å². The van der Waals surface area contributed by atoms with E-state index in [-0.39, 0.29) is 12.3 Å². The van der Waals surface area contributed by atoms with Gasteiger partial charge >= 0.3 is 0 Å². The molecular formula is C21H23N3O5. The van der Waals surface area contributed by atoms with E-state index < -0.39 is 17.9 Å². The topological polar surface area (TPSA) is 97.0 Å². The molecule has 0 aromatic heterocycles. The van der Waals surface area contributed by atoms with E-state index in [9.17, 15) is 14.4 Å². The second-order valence-corrected chi connectivity index (χ2v) is 6.49. The number of methoxy groups -OCH3 is 1. The zero-order valence-electron chi connectivity index (χ0n) is 16.3. The maximum atomic E-state index is 12.6. The van der Waals surface area contributed by atoms with Gasteiger partial charge in [0.15, 0.2) is 0 Å². The number of rotatable bonds is 8. The third kappa shape index (κ3) is 4.72. The van der Waals surface area contributed by atoms with E-state index in [1.54, 1.807) is 48.5 Å².